The molecule has 0 heterocycles. The van der Waals surface area contributed by atoms with Crippen LogP contribution >= 0.6 is 0 Å². The van der Waals surface area contributed by atoms with Gasteiger partial charge in [0.1, 0.15) is 5.94 Å². The maximum atomic E-state index is 9.45. The van der Waals surface area contributed by atoms with Gasteiger partial charge < -0.3 is 19.8 Å². The van der Waals surface area contributed by atoms with Crippen molar-refractivity contribution in [2.45, 2.75) is 26.4 Å². The number of hydrogen-bond acceptors (Lipinski definition) is 5. The summed E-state index contributed by atoms with van der Waals surface area (Å²) in [6.07, 6.45) is 0. The molecule has 0 saturated heterocycles. The van der Waals surface area contributed by atoms with Gasteiger partial charge in [0.2, 0.25) is 0 Å². The summed E-state index contributed by atoms with van der Waals surface area (Å²) in [7, 11) is 0. The molecule has 0 aromatic carbocycles. The summed E-state index contributed by atoms with van der Waals surface area (Å²) in [6, 6.07) is 0. The van der Waals surface area contributed by atoms with Crippen LogP contribution in [0.1, 0.15) is 20.8 Å². The maximum absolute atomic E-state index is 9.45. The molecule has 0 radical (unpaired) electrons. The van der Waals surface area contributed by atoms with Gasteiger partial charge in [0.25, 0.3) is 0 Å². The van der Waals surface area contributed by atoms with E-state index in [0.717, 1.165) is 0 Å². The normalized spacial score (nSPS) is 11.2. The minimum absolute atomic E-state index is 0. The second-order valence-corrected chi connectivity index (χ2v) is 3.49. The van der Waals surface area contributed by atoms with Crippen molar-refractivity contribution in [2.24, 2.45) is 0 Å². The van der Waals surface area contributed by atoms with Crippen LogP contribution in [0.4, 0.5) is 0 Å². The van der Waals surface area contributed by atoms with Crippen LogP contribution in [0.2, 0.25) is 0 Å². The Morgan fingerprint density at radius 2 is 1.54 bits per heavy atom. The number of aliphatic hydroxyl groups is 1. The van der Waals surface area contributed by atoms with Crippen molar-refractivity contribution in [1.82, 2.24) is 0 Å². The van der Waals surface area contributed by atoms with E-state index in [-0.39, 0.29) is 59.1 Å². The predicted octanol–water partition coefficient (Wildman–Crippen LogP) is -7.10. The van der Waals surface area contributed by atoms with Crippen molar-refractivity contribution in [2.75, 3.05) is 5.94 Å². The van der Waals surface area contributed by atoms with Crippen molar-refractivity contribution in [3.8, 4) is 0 Å². The van der Waals surface area contributed by atoms with E-state index < -0.39 is 22.6 Å². The number of hydrogen-bond donors (Lipinski definition) is 1. The van der Waals surface area contributed by atoms with E-state index in [4.69, 9.17) is 13.9 Å². The molecule has 13 heavy (non-hydrogen) atoms. The molecular weight excluding hydrogens is 218 g/mol. The van der Waals surface area contributed by atoms with Gasteiger partial charge in [-0.25, -0.2) is 0 Å². The first kappa shape index (κ1) is 24.3. The van der Waals surface area contributed by atoms with Gasteiger partial charge in [-0.15, -0.1) is 0 Å². The fourth-order valence-corrected chi connectivity index (χ4v) is 0. The quantitative estimate of drug-likeness (QED) is 0.209. The molecule has 0 aliphatic carbocycles. The monoisotopic (exact) mass is 230 g/mol. The van der Waals surface area contributed by atoms with Crippen molar-refractivity contribution in [3.63, 3.8) is 0 Å². The van der Waals surface area contributed by atoms with Gasteiger partial charge in [-0.05, 0) is 31.9 Å². The Balaban J connectivity index is -0.0000000546. The second-order valence-electron chi connectivity index (χ2n) is 2.63. The summed E-state index contributed by atoms with van der Waals surface area (Å²) in [5.74, 6) is -0.778. The van der Waals surface area contributed by atoms with E-state index in [1.165, 1.54) is 0 Å². The average Bonchev–Trinajstić information content (AvgIpc) is 1.88. The third kappa shape index (κ3) is 41.2. The fraction of sp³-hybridized carbons (Fsp3) is 1.00. The smallest absolute Gasteiger partial charge is 0.771 e. The molecule has 0 aromatic rings. The summed E-state index contributed by atoms with van der Waals surface area (Å²) in [6.45, 7) is 5.12. The molecule has 1 atom stereocenters. The molecule has 0 bridgehead atoms. The van der Waals surface area contributed by atoms with E-state index in [9.17, 15) is 5.26 Å². The van der Waals surface area contributed by atoms with Gasteiger partial charge in [0.15, 0.2) is 0 Å². The minimum atomic E-state index is -2.27. The molecule has 0 aromatic heterocycles. The van der Waals surface area contributed by atoms with Gasteiger partial charge in [0, 0.05) is 5.60 Å². The first-order valence-corrected chi connectivity index (χ1v) is 4.05. The molecule has 1 unspecified atom stereocenters. The van der Waals surface area contributed by atoms with Gasteiger partial charge in [-0.2, -0.15) is 0 Å². The summed E-state index contributed by atoms with van der Waals surface area (Å²) >= 11 is -2.27. The fourth-order valence-electron chi connectivity index (χ4n) is 0. The molecule has 8 heteroatoms. The van der Waals surface area contributed by atoms with Gasteiger partial charge in [0.05, 0.1) is 0 Å². The standard InChI is InChI=1S/C4H10O2.CH4O3S.2Na/c1-4(2,3)6-5;2-1-5(3)4;;/h5H,1-3H3;2H,1H2,(H,3,4);;/q;;2*+1/p-2. The first-order chi connectivity index (χ1) is 4.83. The van der Waals surface area contributed by atoms with E-state index in [2.05, 4.69) is 4.89 Å². The van der Waals surface area contributed by atoms with Crippen LogP contribution in [0.3, 0.4) is 0 Å². The first-order valence-electron chi connectivity index (χ1n) is 2.81. The zero-order chi connectivity index (χ0) is 9.49. The number of aliphatic hydroxyl groups excluding tert-OH is 1. The van der Waals surface area contributed by atoms with Crippen LogP contribution in [-0.2, 0) is 16.0 Å². The van der Waals surface area contributed by atoms with Crippen molar-refractivity contribution >= 4 is 11.1 Å². The molecule has 0 spiro atoms. The molecule has 0 rings (SSSR count). The largest absolute Gasteiger partial charge is 1.00 e. The van der Waals surface area contributed by atoms with E-state index >= 15 is 0 Å². The molecule has 0 amide bonds. The summed E-state index contributed by atoms with van der Waals surface area (Å²) in [4.78, 5) is 3.69. The third-order valence-corrected chi connectivity index (χ3v) is 0.566. The molecule has 0 aliphatic rings. The molecule has 0 saturated carbocycles. The molecule has 0 aliphatic heterocycles. The number of rotatable bonds is 1. The molecule has 1 N–H and O–H groups in total. The second kappa shape index (κ2) is 14.0. The Morgan fingerprint density at radius 3 is 1.54 bits per heavy atom. The third-order valence-electron chi connectivity index (χ3n) is 0.355. The van der Waals surface area contributed by atoms with Crippen molar-refractivity contribution in [1.29, 1.82) is 0 Å². The van der Waals surface area contributed by atoms with Gasteiger partial charge in [-0.1, -0.05) is 0 Å². The van der Waals surface area contributed by atoms with Crippen molar-refractivity contribution < 1.29 is 83.1 Å². The summed E-state index contributed by atoms with van der Waals surface area (Å²) in [5, 5.41) is 17.0. The van der Waals surface area contributed by atoms with Crippen LogP contribution in [-0.4, -0.2) is 25.4 Å². The predicted molar refractivity (Wildman–Crippen MR) is 36.8 cm³/mol. The Kier molecular flexibility index (Phi) is 26.1. The van der Waals surface area contributed by atoms with Crippen molar-refractivity contribution in [3.05, 3.63) is 0 Å². The van der Waals surface area contributed by atoms with Crippen LogP contribution < -0.4 is 64.4 Å². The molecule has 0 fully saturated rings. The average molecular weight is 230 g/mol. The Hall–Kier alpha value is 1.99. The van der Waals surface area contributed by atoms with Crippen LogP contribution in [0.15, 0.2) is 0 Å². The zero-order valence-electron chi connectivity index (χ0n) is 8.70. The minimum Gasteiger partial charge on any atom is -0.771 e. The zero-order valence-corrected chi connectivity index (χ0v) is 13.5. The van der Waals surface area contributed by atoms with Crippen LogP contribution in [0.5, 0.6) is 0 Å². The SMILES string of the molecule is CC(C)(C)O[O-].O=S([O-])CO.[Na+].[Na+]. The van der Waals surface area contributed by atoms with Crippen LogP contribution in [0, 0.1) is 0 Å². The molecular formula is C5H12Na2O5S. The van der Waals surface area contributed by atoms with E-state index in [0.29, 0.717) is 0 Å². The summed E-state index contributed by atoms with van der Waals surface area (Å²) < 4.78 is 18.2. The van der Waals surface area contributed by atoms with Gasteiger partial charge >= 0.3 is 59.1 Å². The Labute approximate surface area is 125 Å². The molecule has 5 nitrogen and oxygen atoms in total. The topological polar surface area (TPSA) is 92.7 Å². The van der Waals surface area contributed by atoms with Crippen LogP contribution in [0.25, 0.3) is 0 Å². The molecule has 70 valence electrons. The Morgan fingerprint density at radius 1 is 1.38 bits per heavy atom. The van der Waals surface area contributed by atoms with Gasteiger partial charge in [-0.3, -0.25) is 4.21 Å². The maximum Gasteiger partial charge on any atom is 1.00 e. The Bertz CT molecular complexity index is 116. The van der Waals surface area contributed by atoms with E-state index in [1.807, 2.05) is 0 Å². The summed E-state index contributed by atoms with van der Waals surface area (Å²) in [5.41, 5.74) is -0.514. The van der Waals surface area contributed by atoms with E-state index in [1.54, 1.807) is 20.8 Å².